The van der Waals surface area contributed by atoms with Crippen molar-refractivity contribution in [3.63, 3.8) is 0 Å². The van der Waals surface area contributed by atoms with E-state index >= 15 is 0 Å². The molecule has 0 radical (unpaired) electrons. The molecule has 1 aromatic rings. The number of nitrogens with zero attached hydrogens (tertiary/aromatic N) is 2. The summed E-state index contributed by atoms with van der Waals surface area (Å²) in [5, 5.41) is 4.86. The van der Waals surface area contributed by atoms with Crippen LogP contribution in [0, 0.1) is 5.92 Å². The molecule has 2 heterocycles. The first-order chi connectivity index (χ1) is 8.24. The molecule has 96 valence electrons. The van der Waals surface area contributed by atoms with E-state index in [9.17, 15) is 0 Å². The number of methoxy groups -OCH3 is 1. The standard InChI is InChI=1S/C11H18ClN3O2/c1-16-5-3-15-11(9(12)6-14-15)10(13)8-2-4-17-7-8/h6,8,10H,2-5,7,13H2,1H3. The van der Waals surface area contributed by atoms with E-state index < -0.39 is 0 Å². The average molecular weight is 260 g/mol. The Kier molecular flexibility index (Phi) is 4.39. The smallest absolute Gasteiger partial charge is 0.0834 e. The zero-order valence-electron chi connectivity index (χ0n) is 9.93. The molecule has 0 bridgehead atoms. The lowest BCUT2D eigenvalue weighted by atomic mass is 9.97. The van der Waals surface area contributed by atoms with Crippen LogP contribution in [0.15, 0.2) is 6.20 Å². The number of hydrogen-bond donors (Lipinski definition) is 1. The van der Waals surface area contributed by atoms with Gasteiger partial charge in [-0.1, -0.05) is 11.6 Å². The van der Waals surface area contributed by atoms with Crippen LogP contribution in [0.2, 0.25) is 5.02 Å². The number of nitrogens with two attached hydrogens (primary N) is 1. The molecule has 0 spiro atoms. The van der Waals surface area contributed by atoms with Gasteiger partial charge < -0.3 is 15.2 Å². The first kappa shape index (κ1) is 12.8. The highest BCUT2D eigenvalue weighted by atomic mass is 35.5. The van der Waals surface area contributed by atoms with Crippen molar-refractivity contribution in [1.29, 1.82) is 0 Å². The maximum absolute atomic E-state index is 6.25. The van der Waals surface area contributed by atoms with Gasteiger partial charge in [-0.25, -0.2) is 0 Å². The first-order valence-corrected chi connectivity index (χ1v) is 6.15. The van der Waals surface area contributed by atoms with Gasteiger partial charge >= 0.3 is 0 Å². The van der Waals surface area contributed by atoms with Crippen LogP contribution in [0.25, 0.3) is 0 Å². The molecule has 2 atom stereocenters. The third-order valence-electron chi connectivity index (χ3n) is 3.13. The van der Waals surface area contributed by atoms with E-state index in [2.05, 4.69) is 5.10 Å². The summed E-state index contributed by atoms with van der Waals surface area (Å²) in [6.45, 7) is 2.74. The largest absolute Gasteiger partial charge is 0.383 e. The molecule has 1 saturated heterocycles. The molecule has 1 aliphatic heterocycles. The lowest BCUT2D eigenvalue weighted by Crippen LogP contribution is -2.25. The van der Waals surface area contributed by atoms with Crippen molar-refractivity contribution in [2.75, 3.05) is 26.9 Å². The SMILES string of the molecule is COCCn1ncc(Cl)c1C(N)C1CCOC1. The summed E-state index contributed by atoms with van der Waals surface area (Å²) in [6, 6.07) is -0.121. The molecule has 2 N–H and O–H groups in total. The summed E-state index contributed by atoms with van der Waals surface area (Å²) in [7, 11) is 1.66. The Hall–Kier alpha value is -0.620. The van der Waals surface area contributed by atoms with Gasteiger partial charge in [-0.2, -0.15) is 5.10 Å². The molecular weight excluding hydrogens is 242 g/mol. The van der Waals surface area contributed by atoms with E-state index in [4.69, 9.17) is 26.8 Å². The number of hydrogen-bond acceptors (Lipinski definition) is 4. The molecule has 0 aromatic carbocycles. The van der Waals surface area contributed by atoms with E-state index in [-0.39, 0.29) is 6.04 Å². The fourth-order valence-corrected chi connectivity index (χ4v) is 2.39. The Morgan fingerprint density at radius 2 is 2.59 bits per heavy atom. The lowest BCUT2D eigenvalue weighted by molar-refractivity contribution is 0.175. The van der Waals surface area contributed by atoms with Gasteiger partial charge in [-0.05, 0) is 6.42 Å². The Morgan fingerprint density at radius 3 is 3.24 bits per heavy atom. The molecule has 1 aliphatic rings. The number of rotatable bonds is 5. The zero-order chi connectivity index (χ0) is 12.3. The van der Waals surface area contributed by atoms with Crippen LogP contribution in [0.5, 0.6) is 0 Å². The summed E-state index contributed by atoms with van der Waals surface area (Å²) < 4.78 is 12.2. The summed E-state index contributed by atoms with van der Waals surface area (Å²) in [6.07, 6.45) is 2.62. The van der Waals surface area contributed by atoms with Gasteiger partial charge in [-0.3, -0.25) is 4.68 Å². The fraction of sp³-hybridized carbons (Fsp3) is 0.727. The fourth-order valence-electron chi connectivity index (χ4n) is 2.12. The molecule has 0 aliphatic carbocycles. The van der Waals surface area contributed by atoms with Crippen LogP contribution in [0.4, 0.5) is 0 Å². The number of aromatic nitrogens is 2. The second-order valence-corrected chi connectivity index (χ2v) is 4.65. The Balaban J connectivity index is 2.14. The van der Waals surface area contributed by atoms with Crippen molar-refractivity contribution < 1.29 is 9.47 Å². The number of ether oxygens (including phenoxy) is 2. The third kappa shape index (κ3) is 2.80. The van der Waals surface area contributed by atoms with Crippen LogP contribution < -0.4 is 5.73 Å². The second-order valence-electron chi connectivity index (χ2n) is 4.24. The van der Waals surface area contributed by atoms with Gasteiger partial charge in [0.05, 0.1) is 42.7 Å². The summed E-state index contributed by atoms with van der Waals surface area (Å²) in [4.78, 5) is 0. The zero-order valence-corrected chi connectivity index (χ0v) is 10.7. The molecular formula is C11H18ClN3O2. The maximum Gasteiger partial charge on any atom is 0.0834 e. The van der Waals surface area contributed by atoms with Crippen LogP contribution >= 0.6 is 11.6 Å². The van der Waals surface area contributed by atoms with Crippen molar-refractivity contribution in [3.8, 4) is 0 Å². The van der Waals surface area contributed by atoms with Crippen LogP contribution in [-0.4, -0.2) is 36.7 Å². The van der Waals surface area contributed by atoms with E-state index in [0.29, 0.717) is 30.7 Å². The third-order valence-corrected chi connectivity index (χ3v) is 3.42. The minimum atomic E-state index is -0.121. The molecule has 1 fully saturated rings. The van der Waals surface area contributed by atoms with Crippen LogP contribution in [0.1, 0.15) is 18.2 Å². The molecule has 2 rings (SSSR count). The van der Waals surface area contributed by atoms with Crippen LogP contribution in [-0.2, 0) is 16.0 Å². The highest BCUT2D eigenvalue weighted by Crippen LogP contribution is 2.30. The quantitative estimate of drug-likeness (QED) is 0.864. The highest BCUT2D eigenvalue weighted by Gasteiger charge is 2.28. The minimum Gasteiger partial charge on any atom is -0.383 e. The molecule has 6 heteroatoms. The van der Waals surface area contributed by atoms with Gasteiger partial charge in [0.15, 0.2) is 0 Å². The van der Waals surface area contributed by atoms with E-state index in [1.807, 2.05) is 4.68 Å². The predicted octanol–water partition coefficient (Wildman–Crippen LogP) is 1.22. The van der Waals surface area contributed by atoms with Gasteiger partial charge in [0, 0.05) is 19.6 Å². The van der Waals surface area contributed by atoms with Crippen molar-refractivity contribution in [2.24, 2.45) is 11.7 Å². The van der Waals surface area contributed by atoms with Crippen LogP contribution in [0.3, 0.4) is 0 Å². The molecule has 1 aromatic heterocycles. The first-order valence-electron chi connectivity index (χ1n) is 5.77. The predicted molar refractivity (Wildman–Crippen MR) is 65.0 cm³/mol. The van der Waals surface area contributed by atoms with Gasteiger partial charge in [0.1, 0.15) is 0 Å². The van der Waals surface area contributed by atoms with Crippen molar-refractivity contribution in [3.05, 3.63) is 16.9 Å². The summed E-state index contributed by atoms with van der Waals surface area (Å²) in [5.74, 6) is 0.325. The van der Waals surface area contributed by atoms with E-state index in [1.165, 1.54) is 0 Å². The average Bonchev–Trinajstić information content (AvgIpc) is 2.95. The molecule has 17 heavy (non-hydrogen) atoms. The molecule has 5 nitrogen and oxygen atoms in total. The Morgan fingerprint density at radius 1 is 1.76 bits per heavy atom. The maximum atomic E-state index is 6.25. The van der Waals surface area contributed by atoms with E-state index in [1.54, 1.807) is 13.3 Å². The Labute approximate surface area is 106 Å². The monoisotopic (exact) mass is 259 g/mol. The Bertz CT molecular complexity index is 364. The van der Waals surface area contributed by atoms with Gasteiger partial charge in [0.25, 0.3) is 0 Å². The molecule has 2 unspecified atom stereocenters. The summed E-state index contributed by atoms with van der Waals surface area (Å²) in [5.41, 5.74) is 7.14. The topological polar surface area (TPSA) is 62.3 Å². The van der Waals surface area contributed by atoms with Gasteiger partial charge in [-0.15, -0.1) is 0 Å². The minimum absolute atomic E-state index is 0.121. The lowest BCUT2D eigenvalue weighted by Gasteiger charge is -2.19. The van der Waals surface area contributed by atoms with Crippen molar-refractivity contribution >= 4 is 11.6 Å². The highest BCUT2D eigenvalue weighted by molar-refractivity contribution is 6.31. The summed E-state index contributed by atoms with van der Waals surface area (Å²) >= 11 is 6.15. The van der Waals surface area contributed by atoms with E-state index in [0.717, 1.165) is 18.7 Å². The van der Waals surface area contributed by atoms with Gasteiger partial charge in [0.2, 0.25) is 0 Å². The van der Waals surface area contributed by atoms with Crippen molar-refractivity contribution in [1.82, 2.24) is 9.78 Å². The second kappa shape index (κ2) is 5.82. The normalized spacial score (nSPS) is 21.9. The number of halogens is 1. The van der Waals surface area contributed by atoms with Crippen molar-refractivity contribution in [2.45, 2.75) is 19.0 Å². The molecule has 0 saturated carbocycles. The molecule has 0 amide bonds.